The van der Waals surface area contributed by atoms with Gasteiger partial charge in [-0.2, -0.15) is 39.3 Å². The molecule has 20 N–H and O–H groups in total. The second kappa shape index (κ2) is 57.2. The summed E-state index contributed by atoms with van der Waals surface area (Å²) in [5.41, 5.74) is 14.6. The molecule has 0 fully saturated rings. The number of non-ortho nitro benzene ring substituents is 4. The third kappa shape index (κ3) is 47.6. The number of nitrogens with zero attached hydrogens (tertiary/aromatic N) is 12. The Morgan fingerprint density at radius 2 is 0.410 bits per heavy atom. The summed E-state index contributed by atoms with van der Waals surface area (Å²) < 4.78 is 61.3. The van der Waals surface area contributed by atoms with Crippen LogP contribution in [0, 0.1) is 85.8 Å². The smallest absolute Gasteiger partial charge is 0.466 e. The van der Waals surface area contributed by atoms with Gasteiger partial charge in [-0.15, -0.1) is 0 Å². The summed E-state index contributed by atoms with van der Waals surface area (Å²) in [7, 11) is -20.8. The molecule has 4 heterocycles. The van der Waals surface area contributed by atoms with Gasteiger partial charge in [0.15, 0.2) is 22.8 Å². The molecule has 0 spiro atoms. The Labute approximate surface area is 795 Å². The van der Waals surface area contributed by atoms with Gasteiger partial charge in [-0.05, 0) is 104 Å². The normalized spacial score (nSPS) is 13.7. The minimum absolute atomic E-state index is 0. The van der Waals surface area contributed by atoms with Crippen LogP contribution in [0.3, 0.4) is 0 Å². The second-order valence-electron chi connectivity index (χ2n) is 29.6. The van der Waals surface area contributed by atoms with Gasteiger partial charge < -0.3 is 114 Å². The van der Waals surface area contributed by atoms with E-state index < -0.39 is 66.6 Å². The topological polar surface area (TPSA) is 870 Å². The largest absolute Gasteiger partial charge is 0.756 e. The average molecular weight is 2060 g/mol. The molecule has 0 atom stereocenters. The summed E-state index contributed by atoms with van der Waals surface area (Å²) in [4.78, 5) is 177. The summed E-state index contributed by atoms with van der Waals surface area (Å²) in [6.45, 7) is 22.9. The number of nitro benzene ring substituents is 4. The van der Waals surface area contributed by atoms with Crippen molar-refractivity contribution in [3.8, 4) is 47.3 Å². The molecule has 8 aromatic carbocycles. The number of phenolic OH excluding ortho intramolecular Hbond substituents is 4. The highest BCUT2D eigenvalue weighted by Gasteiger charge is 2.46. The zero-order valence-electron chi connectivity index (χ0n) is 76.7. The molecule has 0 aliphatic carbocycles. The Hall–Kier alpha value is -13.2. The summed E-state index contributed by atoms with van der Waals surface area (Å²) in [5.74, 6) is 0.0867. The number of benzene rings is 8. The summed E-state index contributed by atoms with van der Waals surface area (Å²) in [6, 6.07) is 55.9. The maximum Gasteiger partial charge on any atom is 0.466 e. The van der Waals surface area contributed by atoms with Crippen LogP contribution in [0.4, 0.5) is 45.5 Å². The molecule has 4 aliphatic rings. The van der Waals surface area contributed by atoms with Crippen molar-refractivity contribution in [2.24, 2.45) is 0 Å². The van der Waals surface area contributed by atoms with Crippen LogP contribution in [-0.4, -0.2) is 183 Å². The van der Waals surface area contributed by atoms with Crippen molar-refractivity contribution in [1.82, 2.24) is 0 Å². The lowest BCUT2D eigenvalue weighted by Crippen LogP contribution is -2.26. The van der Waals surface area contributed by atoms with Gasteiger partial charge in [-0.3, -0.25) is 58.7 Å². The average Bonchev–Trinajstić information content (AvgIpc) is 1.62. The SMILES string of the molecule is CC#N.CC#N.CC#N.CC#N.C[N+]1=C(/C=C/c2cc([N+](=O)[O-])ccc2O)C(C)(C)c2ccccc21.C[N+]1=C(/C=C/c2cc([N+](=O)[O-])ccc2O)C(C)(C)c2ccccc21.C[N+]1=C(/C=C/c2cc([N+](=O)[O-])ccc2O)C(C)(C)c2ccccc21.C[N+]1=C(/C=C/c2cc([N+](=O)[O-])ccc2O)C(C)(C)c2ccccc21.O.O=P(O)(O)O.O=P(O)(O)O.O=P([O-])(O)O.O=P([O-])(O)O.O=P([O-])(O)O.O=P([O-])(O)O. The van der Waals surface area contributed by atoms with Gasteiger partial charge in [-0.1, -0.05) is 72.8 Å². The van der Waals surface area contributed by atoms with Gasteiger partial charge in [-0.25, -0.2) is 9.13 Å². The van der Waals surface area contributed by atoms with Crippen LogP contribution in [0.1, 0.15) is 128 Å². The highest BCUT2D eigenvalue weighted by molar-refractivity contribution is 7.45. The molecule has 8 aromatic rings. The fraction of sp³-hybridized carbons (Fsp3) is 0.238. The predicted octanol–water partition coefficient (Wildman–Crippen LogP) is 9.27. The number of hydrogen-bond donors (Lipinski definition) is 18. The van der Waals surface area contributed by atoms with Gasteiger partial charge >= 0.3 is 15.6 Å². The zero-order valence-corrected chi connectivity index (χ0v) is 82.1. The molecular formula is C84H104N12O37P6. The number of hydrogen-bond acceptors (Lipinski definition) is 26. The third-order valence-corrected chi connectivity index (χ3v) is 18.3. The summed E-state index contributed by atoms with van der Waals surface area (Å²) in [6.07, 6.45) is 14.6. The van der Waals surface area contributed by atoms with Gasteiger partial charge in [0, 0.05) is 169 Å². The Morgan fingerprint density at radius 1 is 0.288 bits per heavy atom. The fourth-order valence-corrected chi connectivity index (χ4v) is 13.0. The number of nitro groups is 4. The van der Waals surface area contributed by atoms with Gasteiger partial charge in [0.2, 0.25) is 22.7 Å². The molecular weight excluding hydrogens is 1950 g/mol. The van der Waals surface area contributed by atoms with E-state index in [0.717, 1.165) is 45.6 Å². The first-order valence-electron chi connectivity index (χ1n) is 38.3. The zero-order chi connectivity index (χ0) is 108. The van der Waals surface area contributed by atoms with Crippen molar-refractivity contribution >= 4 is 140 Å². The molecule has 139 heavy (non-hydrogen) atoms. The fourth-order valence-electron chi connectivity index (χ4n) is 13.0. The molecule has 0 aromatic heterocycles. The van der Waals surface area contributed by atoms with Crippen molar-refractivity contribution in [3.63, 3.8) is 0 Å². The minimum Gasteiger partial charge on any atom is -0.756 e. The van der Waals surface area contributed by atoms with E-state index >= 15 is 0 Å². The molecule has 12 rings (SSSR count). The first-order valence-corrected chi connectivity index (χ1v) is 47.5. The maximum atomic E-state index is 10.9. The lowest BCUT2D eigenvalue weighted by molar-refractivity contribution is -0.401. The summed E-state index contributed by atoms with van der Waals surface area (Å²) >= 11 is 0. The quantitative estimate of drug-likeness (QED) is 0.0234. The summed E-state index contributed by atoms with van der Waals surface area (Å²) in [5, 5.41) is 113. The molecule has 4 aliphatic heterocycles. The standard InChI is InChI=1S/4C19H18N2O3.4C2H3N.6H3O4P.H2O/c4*1-19(2)15-6-4-5-7-16(15)20(3)18(19)11-8-13-12-14(21(23)24)9-10-17(13)22;4*1-2-3;6*1-5(2,3)4;/h4*4-12H,1-3H3;4*1H3;6*(H3,1,2,3,4);1H2. The Kier molecular flexibility index (Phi) is 53.5. The lowest BCUT2D eigenvalue weighted by atomic mass is 9.81. The van der Waals surface area contributed by atoms with Gasteiger partial charge in [0.25, 0.3) is 54.0 Å². The Morgan fingerprint density at radius 3 is 0.525 bits per heavy atom. The van der Waals surface area contributed by atoms with Crippen LogP contribution in [0.15, 0.2) is 194 Å². The minimum atomic E-state index is -4.89. The first-order chi connectivity index (χ1) is 62.9. The van der Waals surface area contributed by atoms with Crippen LogP contribution < -0.4 is 19.6 Å². The van der Waals surface area contributed by atoms with Gasteiger partial charge in [0.05, 0.1) is 65.6 Å². The van der Waals surface area contributed by atoms with Crippen LogP contribution in [0.2, 0.25) is 0 Å². The van der Waals surface area contributed by atoms with E-state index in [-0.39, 0.29) is 72.9 Å². The number of aromatic hydroxyl groups is 4. The highest BCUT2D eigenvalue weighted by atomic mass is 31.2. The van der Waals surface area contributed by atoms with E-state index in [4.69, 9.17) is 137 Å². The molecule has 55 heteroatoms. The van der Waals surface area contributed by atoms with Crippen molar-refractivity contribution in [2.45, 2.75) is 105 Å². The number of para-hydroxylation sites is 4. The first kappa shape index (κ1) is 130. The van der Waals surface area contributed by atoms with Crippen molar-refractivity contribution in [2.75, 3.05) is 28.2 Å². The number of nitriles is 4. The van der Waals surface area contributed by atoms with E-state index in [9.17, 15) is 60.9 Å². The van der Waals surface area contributed by atoms with Crippen LogP contribution in [0.25, 0.3) is 24.3 Å². The van der Waals surface area contributed by atoms with Crippen LogP contribution >= 0.6 is 46.9 Å². The van der Waals surface area contributed by atoms with Gasteiger partial charge in [0.1, 0.15) is 51.2 Å². The van der Waals surface area contributed by atoms with E-state index in [1.807, 2.05) is 101 Å². The number of rotatable bonds is 12. The second-order valence-corrected chi connectivity index (χ2v) is 35.5. The van der Waals surface area contributed by atoms with Crippen LogP contribution in [0.5, 0.6) is 23.0 Å². The van der Waals surface area contributed by atoms with Crippen molar-refractivity contribution in [3.05, 3.63) is 279 Å². The number of fused-ring (bicyclic) bond motifs is 4. The highest BCUT2D eigenvalue weighted by Crippen LogP contribution is 2.44. The molecule has 0 radical (unpaired) electrons. The Bertz CT molecular complexity index is 5580. The maximum absolute atomic E-state index is 10.9. The Balaban J connectivity index is -0.00000155. The molecule has 0 amide bonds. The monoisotopic (exact) mass is 2060 g/mol. The molecule has 0 bridgehead atoms. The lowest BCUT2D eigenvalue weighted by Gasteiger charge is -2.15. The molecule has 0 unspecified atom stereocenters. The van der Waals surface area contributed by atoms with Crippen LogP contribution in [-0.2, 0) is 49.1 Å². The molecule has 0 saturated carbocycles. The number of allylic oxidation sites excluding steroid dienone is 4. The number of phenols is 4. The van der Waals surface area contributed by atoms with Crippen molar-refractivity contribution < 1.29 is 179 Å². The van der Waals surface area contributed by atoms with E-state index in [1.54, 1.807) is 48.6 Å². The van der Waals surface area contributed by atoms with E-state index in [0.29, 0.717) is 22.3 Å². The van der Waals surface area contributed by atoms with E-state index in [1.165, 1.54) is 123 Å². The molecule has 49 nitrogen and oxygen atoms in total. The third-order valence-electron chi connectivity index (χ3n) is 18.3. The number of phosphoric acid groups is 6. The molecule has 752 valence electrons. The van der Waals surface area contributed by atoms with Crippen molar-refractivity contribution in [1.29, 1.82) is 21.0 Å². The molecule has 0 saturated heterocycles. The predicted molar refractivity (Wildman–Crippen MR) is 502 cm³/mol. The van der Waals surface area contributed by atoms with E-state index in [2.05, 4.69) is 122 Å².